The van der Waals surface area contributed by atoms with Gasteiger partial charge in [0.1, 0.15) is 11.2 Å². The van der Waals surface area contributed by atoms with Crippen molar-refractivity contribution in [2.24, 2.45) is 0 Å². The average molecular weight is 624 g/mol. The Bertz CT molecular complexity index is 2750. The minimum absolute atomic E-state index is 0.899. The zero-order valence-electron chi connectivity index (χ0n) is 26.6. The van der Waals surface area contributed by atoms with Crippen molar-refractivity contribution < 1.29 is 4.42 Å². The molecule has 228 valence electrons. The van der Waals surface area contributed by atoms with E-state index in [-0.39, 0.29) is 0 Å². The van der Waals surface area contributed by atoms with Crippen LogP contribution in [0.25, 0.3) is 99.0 Å². The van der Waals surface area contributed by atoms with Crippen LogP contribution in [-0.4, -0.2) is 4.98 Å². The van der Waals surface area contributed by atoms with Gasteiger partial charge < -0.3 is 4.42 Å². The first-order valence-corrected chi connectivity index (χ1v) is 16.7. The number of fused-ring (bicyclic) bond motifs is 7. The lowest BCUT2D eigenvalue weighted by atomic mass is 9.86. The third-order valence-electron chi connectivity index (χ3n) is 9.84. The van der Waals surface area contributed by atoms with Gasteiger partial charge in [-0.05, 0) is 79.5 Å². The summed E-state index contributed by atoms with van der Waals surface area (Å²) in [7, 11) is 0. The van der Waals surface area contributed by atoms with Crippen LogP contribution >= 0.6 is 0 Å². The number of nitrogens with zero attached hydrogens (tertiary/aromatic N) is 1. The zero-order chi connectivity index (χ0) is 32.3. The summed E-state index contributed by atoms with van der Waals surface area (Å²) in [5.41, 5.74) is 10.7. The van der Waals surface area contributed by atoms with Crippen LogP contribution in [0.1, 0.15) is 0 Å². The molecule has 8 aromatic carbocycles. The second-order valence-corrected chi connectivity index (χ2v) is 12.7. The van der Waals surface area contributed by atoms with Gasteiger partial charge in [-0.15, -0.1) is 0 Å². The van der Waals surface area contributed by atoms with Gasteiger partial charge in [-0.1, -0.05) is 146 Å². The molecule has 0 saturated carbocycles. The summed E-state index contributed by atoms with van der Waals surface area (Å²) in [5, 5.41) is 9.33. The van der Waals surface area contributed by atoms with Gasteiger partial charge in [0, 0.05) is 27.3 Å². The van der Waals surface area contributed by atoms with Gasteiger partial charge >= 0.3 is 0 Å². The fraction of sp³-hybridized carbons (Fsp3) is 0. The topological polar surface area (TPSA) is 26.0 Å². The van der Waals surface area contributed by atoms with E-state index in [9.17, 15) is 0 Å². The van der Waals surface area contributed by atoms with Gasteiger partial charge in [0.2, 0.25) is 0 Å². The molecule has 0 amide bonds. The second-order valence-electron chi connectivity index (χ2n) is 12.7. The number of rotatable bonds is 4. The summed E-state index contributed by atoms with van der Waals surface area (Å²) in [4.78, 5) is 5.38. The molecule has 0 fully saturated rings. The van der Waals surface area contributed by atoms with Crippen LogP contribution in [0.4, 0.5) is 0 Å². The van der Waals surface area contributed by atoms with Gasteiger partial charge in [0.05, 0.1) is 11.4 Å². The van der Waals surface area contributed by atoms with Crippen molar-refractivity contribution in [1.29, 1.82) is 0 Å². The van der Waals surface area contributed by atoms with E-state index in [1.165, 1.54) is 43.6 Å². The number of pyridine rings is 1. The van der Waals surface area contributed by atoms with Crippen LogP contribution in [-0.2, 0) is 0 Å². The van der Waals surface area contributed by atoms with E-state index >= 15 is 0 Å². The largest absolute Gasteiger partial charge is 0.455 e. The lowest BCUT2D eigenvalue weighted by Gasteiger charge is -2.18. The first kappa shape index (κ1) is 27.6. The molecule has 0 unspecified atom stereocenters. The number of hydrogen-bond donors (Lipinski definition) is 0. The van der Waals surface area contributed by atoms with Gasteiger partial charge in [-0.2, -0.15) is 0 Å². The summed E-state index contributed by atoms with van der Waals surface area (Å²) in [6.07, 6.45) is 0. The lowest BCUT2D eigenvalue weighted by molar-refractivity contribution is 0.672. The molecule has 49 heavy (non-hydrogen) atoms. The summed E-state index contributed by atoms with van der Waals surface area (Å²) < 4.78 is 6.50. The van der Waals surface area contributed by atoms with E-state index < -0.39 is 0 Å². The molecule has 2 heteroatoms. The molecule has 0 spiro atoms. The van der Waals surface area contributed by atoms with Gasteiger partial charge in [-0.3, -0.25) is 0 Å². The zero-order valence-corrected chi connectivity index (χ0v) is 26.6. The highest BCUT2D eigenvalue weighted by Crippen LogP contribution is 2.45. The molecule has 0 N–H and O–H groups in total. The van der Waals surface area contributed by atoms with E-state index in [2.05, 4.69) is 176 Å². The first-order chi connectivity index (χ1) is 24.3. The van der Waals surface area contributed by atoms with Crippen molar-refractivity contribution >= 4 is 54.3 Å². The normalized spacial score (nSPS) is 11.7. The third-order valence-corrected chi connectivity index (χ3v) is 9.84. The highest BCUT2D eigenvalue weighted by atomic mass is 16.3. The highest BCUT2D eigenvalue weighted by molar-refractivity contribution is 6.22. The van der Waals surface area contributed by atoms with E-state index in [1.54, 1.807) is 0 Å². The Hall–Kier alpha value is -6.51. The van der Waals surface area contributed by atoms with Crippen LogP contribution in [0.15, 0.2) is 180 Å². The monoisotopic (exact) mass is 623 g/mol. The van der Waals surface area contributed by atoms with E-state index in [4.69, 9.17) is 9.40 Å². The van der Waals surface area contributed by atoms with E-state index in [1.807, 2.05) is 0 Å². The third kappa shape index (κ3) is 4.46. The molecular formula is C47H29NO. The van der Waals surface area contributed by atoms with Crippen molar-refractivity contribution in [2.45, 2.75) is 0 Å². The molecule has 0 bridgehead atoms. The Morgan fingerprint density at radius 2 is 0.898 bits per heavy atom. The quantitative estimate of drug-likeness (QED) is 0.182. The molecule has 10 rings (SSSR count). The van der Waals surface area contributed by atoms with Crippen molar-refractivity contribution in [3.8, 4) is 44.8 Å². The molecule has 0 radical (unpaired) electrons. The summed E-state index contributed by atoms with van der Waals surface area (Å²) in [6, 6.07) is 62.6. The van der Waals surface area contributed by atoms with Gasteiger partial charge in [0.15, 0.2) is 0 Å². The Morgan fingerprint density at radius 3 is 1.59 bits per heavy atom. The van der Waals surface area contributed by atoms with Crippen LogP contribution in [0.2, 0.25) is 0 Å². The molecule has 10 aromatic rings. The molecule has 2 heterocycles. The second kappa shape index (κ2) is 11.0. The SMILES string of the molecule is c1ccc(-c2cc(-c3ccccc3)nc(-c3c4ccccc4c(-c4ccc5oc6c7ccccc7ccc6c5c4)c4ccccc34)c2)cc1. The van der Waals surface area contributed by atoms with Crippen molar-refractivity contribution in [3.63, 3.8) is 0 Å². The predicted octanol–water partition coefficient (Wildman–Crippen LogP) is 13.1. The molecule has 0 aliphatic carbocycles. The number of furan rings is 1. The Kier molecular flexibility index (Phi) is 6.22. The molecule has 0 aliphatic heterocycles. The Balaban J connectivity index is 1.26. The molecule has 0 saturated heterocycles. The predicted molar refractivity (Wildman–Crippen MR) is 206 cm³/mol. The fourth-order valence-electron chi connectivity index (χ4n) is 7.59. The molecule has 0 atom stereocenters. The number of aromatic nitrogens is 1. The highest BCUT2D eigenvalue weighted by Gasteiger charge is 2.20. The van der Waals surface area contributed by atoms with E-state index in [0.29, 0.717) is 0 Å². The van der Waals surface area contributed by atoms with Gasteiger partial charge in [-0.25, -0.2) is 4.98 Å². The smallest absolute Gasteiger partial charge is 0.143 e. The molecule has 2 nitrogen and oxygen atoms in total. The summed E-state index contributed by atoms with van der Waals surface area (Å²) >= 11 is 0. The van der Waals surface area contributed by atoms with Crippen LogP contribution in [0.5, 0.6) is 0 Å². The first-order valence-electron chi connectivity index (χ1n) is 16.7. The standard InChI is InChI=1S/C47H29NO/c1-3-13-30(14-4-1)34-28-42(32-16-5-2-6-17-32)48-43(29-34)46-38-21-11-9-19-36(38)45(37-20-10-12-22-39(37)46)33-24-26-44-41(27-33)40-25-23-31-15-7-8-18-35(31)47(40)49-44/h1-29H. The summed E-state index contributed by atoms with van der Waals surface area (Å²) in [5.74, 6) is 0. The van der Waals surface area contributed by atoms with Crippen LogP contribution in [0.3, 0.4) is 0 Å². The minimum atomic E-state index is 0.899. The molecular weight excluding hydrogens is 595 g/mol. The van der Waals surface area contributed by atoms with Crippen molar-refractivity contribution in [3.05, 3.63) is 176 Å². The van der Waals surface area contributed by atoms with E-state index in [0.717, 1.165) is 55.4 Å². The van der Waals surface area contributed by atoms with Crippen molar-refractivity contribution in [2.75, 3.05) is 0 Å². The average Bonchev–Trinajstić information content (AvgIpc) is 3.56. The Morgan fingerprint density at radius 1 is 0.327 bits per heavy atom. The minimum Gasteiger partial charge on any atom is -0.455 e. The fourth-order valence-corrected chi connectivity index (χ4v) is 7.59. The van der Waals surface area contributed by atoms with Crippen molar-refractivity contribution in [1.82, 2.24) is 4.98 Å². The lowest BCUT2D eigenvalue weighted by Crippen LogP contribution is -1.95. The van der Waals surface area contributed by atoms with Crippen LogP contribution in [0, 0.1) is 0 Å². The summed E-state index contributed by atoms with van der Waals surface area (Å²) in [6.45, 7) is 0. The molecule has 2 aromatic heterocycles. The maximum atomic E-state index is 6.50. The van der Waals surface area contributed by atoms with Gasteiger partial charge in [0.25, 0.3) is 0 Å². The number of hydrogen-bond acceptors (Lipinski definition) is 2. The van der Waals surface area contributed by atoms with Crippen LogP contribution < -0.4 is 0 Å². The maximum Gasteiger partial charge on any atom is 0.143 e. The molecule has 0 aliphatic rings. The number of benzene rings is 8. The Labute approximate surface area is 283 Å². The maximum absolute atomic E-state index is 6.50.